The number of hydrogen-bond donors (Lipinski definition) is 0. The van der Waals surface area contributed by atoms with Crippen LogP contribution in [0.3, 0.4) is 0 Å². The molecule has 3 rings (SSSR count). The van der Waals surface area contributed by atoms with Crippen LogP contribution in [-0.4, -0.2) is 46.5 Å². The fourth-order valence-corrected chi connectivity index (χ4v) is 2.83. The van der Waals surface area contributed by atoms with E-state index in [1.54, 1.807) is 24.3 Å². The van der Waals surface area contributed by atoms with Gasteiger partial charge in [0.05, 0.1) is 6.42 Å². The maximum absolute atomic E-state index is 12.5. The van der Waals surface area contributed by atoms with Gasteiger partial charge in [-0.15, -0.1) is 0 Å². The molecule has 2 heterocycles. The van der Waals surface area contributed by atoms with E-state index in [9.17, 15) is 19.2 Å². The molecule has 2 aliphatic rings. The zero-order valence-electron chi connectivity index (χ0n) is 13.5. The lowest BCUT2D eigenvalue weighted by Gasteiger charge is -2.37. The fraction of sp³-hybridized carbons (Fsp3) is 0.412. The number of piperidine rings is 1. The van der Waals surface area contributed by atoms with Gasteiger partial charge in [0.25, 0.3) is 11.8 Å². The average Bonchev–Trinajstić information content (AvgIpc) is 2.56. The standard InChI is InChI=1S/C15H14N2O4.C2H6/c1-16-12(18)7-6-11(15(16)21)17-13(19)8-9-4-2-3-5-10(9)14(17)20;1-2/h2-5,11H,6-8H2,1H3;1-2H3. The summed E-state index contributed by atoms with van der Waals surface area (Å²) >= 11 is 0. The Balaban J connectivity index is 0.000000924. The van der Waals surface area contributed by atoms with Gasteiger partial charge in [-0.2, -0.15) is 0 Å². The number of hydrogen-bond acceptors (Lipinski definition) is 4. The van der Waals surface area contributed by atoms with E-state index in [0.29, 0.717) is 11.1 Å². The summed E-state index contributed by atoms with van der Waals surface area (Å²) in [6.07, 6.45) is 0.455. The van der Waals surface area contributed by atoms with Crippen molar-refractivity contribution in [1.29, 1.82) is 0 Å². The van der Waals surface area contributed by atoms with Gasteiger partial charge < -0.3 is 0 Å². The molecule has 0 bridgehead atoms. The van der Waals surface area contributed by atoms with Gasteiger partial charge in [-0.1, -0.05) is 32.0 Å². The smallest absolute Gasteiger partial charge is 0.261 e. The Morgan fingerprint density at radius 1 is 1.00 bits per heavy atom. The van der Waals surface area contributed by atoms with E-state index in [1.807, 2.05) is 13.8 Å². The highest BCUT2D eigenvalue weighted by atomic mass is 16.2. The van der Waals surface area contributed by atoms with Crippen molar-refractivity contribution in [3.63, 3.8) is 0 Å². The first kappa shape index (κ1) is 16.9. The van der Waals surface area contributed by atoms with Gasteiger partial charge in [0.1, 0.15) is 6.04 Å². The third-order valence-electron chi connectivity index (χ3n) is 4.01. The Bertz CT molecular complexity index is 668. The van der Waals surface area contributed by atoms with Crippen molar-refractivity contribution in [3.8, 4) is 0 Å². The Morgan fingerprint density at radius 2 is 1.65 bits per heavy atom. The molecule has 0 aromatic heterocycles. The van der Waals surface area contributed by atoms with Crippen molar-refractivity contribution in [3.05, 3.63) is 35.4 Å². The maximum Gasteiger partial charge on any atom is 0.261 e. The average molecular weight is 316 g/mol. The lowest BCUT2D eigenvalue weighted by molar-refractivity contribution is -0.153. The van der Waals surface area contributed by atoms with E-state index in [1.165, 1.54) is 7.05 Å². The number of benzene rings is 1. The van der Waals surface area contributed by atoms with E-state index in [2.05, 4.69) is 0 Å². The van der Waals surface area contributed by atoms with Crippen LogP contribution in [0.4, 0.5) is 0 Å². The number of rotatable bonds is 1. The number of carbonyl (C=O) groups excluding carboxylic acids is 4. The molecular weight excluding hydrogens is 296 g/mol. The summed E-state index contributed by atoms with van der Waals surface area (Å²) in [6.45, 7) is 4.00. The van der Waals surface area contributed by atoms with Crippen molar-refractivity contribution >= 4 is 23.6 Å². The molecule has 1 aromatic rings. The Kier molecular flexibility index (Phi) is 4.93. The molecular formula is C17H20N2O4. The number of carbonyl (C=O) groups is 4. The molecule has 1 aromatic carbocycles. The summed E-state index contributed by atoms with van der Waals surface area (Å²) in [6, 6.07) is 6.01. The van der Waals surface area contributed by atoms with Gasteiger partial charge in [-0.05, 0) is 18.1 Å². The summed E-state index contributed by atoms with van der Waals surface area (Å²) in [5.41, 5.74) is 1.13. The summed E-state index contributed by atoms with van der Waals surface area (Å²) < 4.78 is 0. The molecule has 0 N–H and O–H groups in total. The lowest BCUT2D eigenvalue weighted by Crippen LogP contribution is -2.58. The third kappa shape index (κ3) is 2.88. The molecule has 0 saturated carbocycles. The molecule has 1 fully saturated rings. The van der Waals surface area contributed by atoms with Crippen molar-refractivity contribution in [1.82, 2.24) is 9.80 Å². The Labute approximate surface area is 135 Å². The molecule has 0 aliphatic carbocycles. The van der Waals surface area contributed by atoms with E-state index < -0.39 is 17.9 Å². The predicted molar refractivity (Wildman–Crippen MR) is 83.5 cm³/mol. The van der Waals surface area contributed by atoms with Gasteiger partial charge in [0.2, 0.25) is 11.8 Å². The van der Waals surface area contributed by atoms with Crippen LogP contribution in [0.25, 0.3) is 0 Å². The summed E-state index contributed by atoms with van der Waals surface area (Å²) in [4.78, 5) is 50.5. The van der Waals surface area contributed by atoms with Crippen molar-refractivity contribution in [2.45, 2.75) is 39.2 Å². The number of amides is 4. The largest absolute Gasteiger partial charge is 0.284 e. The van der Waals surface area contributed by atoms with Gasteiger partial charge in [-0.25, -0.2) is 0 Å². The van der Waals surface area contributed by atoms with Crippen LogP contribution in [0.1, 0.15) is 42.6 Å². The number of likely N-dealkylation sites (tertiary alicyclic amines) is 1. The van der Waals surface area contributed by atoms with Gasteiger partial charge >= 0.3 is 0 Å². The number of fused-ring (bicyclic) bond motifs is 1. The molecule has 2 aliphatic heterocycles. The summed E-state index contributed by atoms with van der Waals surface area (Å²) in [5.74, 6) is -1.62. The first-order valence-corrected chi connectivity index (χ1v) is 7.75. The van der Waals surface area contributed by atoms with Crippen LogP contribution in [0.2, 0.25) is 0 Å². The second-order valence-corrected chi connectivity index (χ2v) is 5.25. The van der Waals surface area contributed by atoms with Gasteiger partial charge in [-0.3, -0.25) is 29.0 Å². The molecule has 0 radical (unpaired) electrons. The molecule has 1 atom stereocenters. The Morgan fingerprint density at radius 3 is 2.35 bits per heavy atom. The molecule has 4 amide bonds. The normalized spacial score (nSPS) is 20.9. The maximum atomic E-state index is 12.5. The van der Waals surface area contributed by atoms with E-state index in [0.717, 1.165) is 9.80 Å². The van der Waals surface area contributed by atoms with E-state index in [-0.39, 0.29) is 31.1 Å². The SMILES string of the molecule is CC.CN1C(=O)CCC(N2C(=O)Cc3ccccc3C2=O)C1=O. The van der Waals surface area contributed by atoms with E-state index >= 15 is 0 Å². The minimum absolute atomic E-state index is 0.101. The van der Waals surface area contributed by atoms with Crippen molar-refractivity contribution in [2.75, 3.05) is 7.05 Å². The Hall–Kier alpha value is -2.50. The first-order valence-electron chi connectivity index (χ1n) is 7.75. The van der Waals surface area contributed by atoms with Crippen LogP contribution in [-0.2, 0) is 20.8 Å². The number of imide groups is 2. The third-order valence-corrected chi connectivity index (χ3v) is 4.01. The summed E-state index contributed by atoms with van der Waals surface area (Å²) in [7, 11) is 1.38. The molecule has 23 heavy (non-hydrogen) atoms. The minimum atomic E-state index is -0.874. The van der Waals surface area contributed by atoms with Crippen LogP contribution in [0.5, 0.6) is 0 Å². The van der Waals surface area contributed by atoms with Gasteiger partial charge in [0, 0.05) is 19.0 Å². The van der Waals surface area contributed by atoms with Crippen molar-refractivity contribution in [2.24, 2.45) is 0 Å². The monoisotopic (exact) mass is 316 g/mol. The quantitative estimate of drug-likeness (QED) is 0.734. The molecule has 122 valence electrons. The van der Waals surface area contributed by atoms with Gasteiger partial charge in [0.15, 0.2) is 0 Å². The zero-order valence-corrected chi connectivity index (χ0v) is 13.5. The molecule has 0 spiro atoms. The molecule has 1 unspecified atom stereocenters. The van der Waals surface area contributed by atoms with Crippen molar-refractivity contribution < 1.29 is 19.2 Å². The molecule has 6 nitrogen and oxygen atoms in total. The molecule has 6 heteroatoms. The summed E-state index contributed by atoms with van der Waals surface area (Å²) in [5, 5.41) is 0. The van der Waals surface area contributed by atoms with Crippen LogP contribution < -0.4 is 0 Å². The van der Waals surface area contributed by atoms with Crippen LogP contribution in [0, 0.1) is 0 Å². The molecule has 1 saturated heterocycles. The highest BCUT2D eigenvalue weighted by Crippen LogP contribution is 2.25. The zero-order chi connectivity index (χ0) is 17.1. The number of likely N-dealkylation sites (N-methyl/N-ethyl adjacent to an activating group) is 1. The van der Waals surface area contributed by atoms with Crippen LogP contribution in [0.15, 0.2) is 24.3 Å². The number of nitrogens with zero attached hydrogens (tertiary/aromatic N) is 2. The predicted octanol–water partition coefficient (Wildman–Crippen LogP) is 1.39. The highest BCUT2D eigenvalue weighted by molar-refractivity contribution is 6.13. The lowest BCUT2D eigenvalue weighted by atomic mass is 9.94. The highest BCUT2D eigenvalue weighted by Gasteiger charge is 2.43. The topological polar surface area (TPSA) is 74.8 Å². The second kappa shape index (κ2) is 6.73. The minimum Gasteiger partial charge on any atom is -0.284 e. The van der Waals surface area contributed by atoms with Crippen LogP contribution >= 0.6 is 0 Å². The van der Waals surface area contributed by atoms with E-state index in [4.69, 9.17) is 0 Å². The fourth-order valence-electron chi connectivity index (χ4n) is 2.83. The second-order valence-electron chi connectivity index (χ2n) is 5.25. The first-order chi connectivity index (χ1) is 11.0.